The molecule has 1 fully saturated rings. The summed E-state index contributed by atoms with van der Waals surface area (Å²) < 4.78 is 38.2. The number of nitro groups is 1. The molecule has 136 valence electrons. The van der Waals surface area contributed by atoms with Crippen molar-refractivity contribution in [3.8, 4) is 0 Å². The van der Waals surface area contributed by atoms with Crippen molar-refractivity contribution in [2.24, 2.45) is 5.84 Å². The zero-order chi connectivity index (χ0) is 18.8. The number of carbonyl (C=O) groups excluding carboxylic acids is 2. The number of anilines is 1. The topological polar surface area (TPSA) is 122 Å². The molecule has 0 radical (unpaired) electrons. The van der Waals surface area contributed by atoms with E-state index in [9.17, 15) is 32.9 Å². The van der Waals surface area contributed by atoms with Gasteiger partial charge in [0.05, 0.1) is 10.5 Å². The number of piperazine rings is 1. The molecule has 0 unspecified atom stereocenters. The van der Waals surface area contributed by atoms with Gasteiger partial charge in [-0.25, -0.2) is 5.84 Å². The number of halogens is 3. The number of nitrogens with two attached hydrogens (primary N) is 1. The minimum atomic E-state index is -4.69. The Kier molecular flexibility index (Phi) is 5.11. The Balaban J connectivity index is 2.19. The smallest absolute Gasteiger partial charge is 0.362 e. The number of hydrazine groups is 1. The second kappa shape index (κ2) is 6.93. The van der Waals surface area contributed by atoms with E-state index in [0.717, 1.165) is 12.1 Å². The fraction of sp³-hybridized carbons (Fsp3) is 0.385. The molecule has 0 spiro atoms. The highest BCUT2D eigenvalue weighted by Gasteiger charge is 2.34. The highest BCUT2D eigenvalue weighted by molar-refractivity contribution is 6.34. The Morgan fingerprint density at radius 3 is 2.28 bits per heavy atom. The lowest BCUT2D eigenvalue weighted by Crippen LogP contribution is -2.53. The summed E-state index contributed by atoms with van der Waals surface area (Å²) in [7, 11) is 0. The number of alkyl halides is 3. The Hall–Kier alpha value is -2.89. The van der Waals surface area contributed by atoms with Gasteiger partial charge in [-0.15, -0.1) is 0 Å². The molecule has 1 heterocycles. The number of amides is 2. The van der Waals surface area contributed by atoms with E-state index in [1.165, 1.54) is 9.80 Å². The van der Waals surface area contributed by atoms with Crippen LogP contribution in [-0.4, -0.2) is 47.8 Å². The van der Waals surface area contributed by atoms with Gasteiger partial charge in [0.1, 0.15) is 5.69 Å². The van der Waals surface area contributed by atoms with Gasteiger partial charge in [0.15, 0.2) is 0 Å². The van der Waals surface area contributed by atoms with Crippen LogP contribution in [0.4, 0.5) is 24.5 Å². The summed E-state index contributed by atoms with van der Waals surface area (Å²) >= 11 is 0. The highest BCUT2D eigenvalue weighted by atomic mass is 19.4. The maximum absolute atomic E-state index is 12.7. The van der Waals surface area contributed by atoms with Crippen molar-refractivity contribution in [1.82, 2.24) is 10.3 Å². The third-order valence-corrected chi connectivity index (χ3v) is 3.73. The molecular weight excluding hydrogens is 347 g/mol. The van der Waals surface area contributed by atoms with Gasteiger partial charge >= 0.3 is 18.0 Å². The number of nitrogens with zero attached hydrogens (tertiary/aromatic N) is 3. The van der Waals surface area contributed by atoms with E-state index in [-0.39, 0.29) is 31.9 Å². The molecule has 2 amide bonds. The first-order valence-electron chi connectivity index (χ1n) is 7.05. The Labute approximate surface area is 139 Å². The molecule has 0 bridgehead atoms. The molecule has 2 rings (SSSR count). The summed E-state index contributed by atoms with van der Waals surface area (Å²) in [4.78, 5) is 35.8. The van der Waals surface area contributed by atoms with E-state index in [0.29, 0.717) is 6.07 Å². The second-order valence-electron chi connectivity index (χ2n) is 5.21. The maximum atomic E-state index is 12.7. The Morgan fingerprint density at radius 1 is 1.20 bits per heavy atom. The van der Waals surface area contributed by atoms with Gasteiger partial charge in [-0.05, 0) is 12.1 Å². The van der Waals surface area contributed by atoms with Crippen LogP contribution in [0.15, 0.2) is 18.2 Å². The zero-order valence-corrected chi connectivity index (χ0v) is 12.7. The van der Waals surface area contributed by atoms with E-state index in [1.54, 1.807) is 5.43 Å². The van der Waals surface area contributed by atoms with Gasteiger partial charge in [0.2, 0.25) is 0 Å². The molecule has 0 aliphatic carbocycles. The van der Waals surface area contributed by atoms with Gasteiger partial charge in [0, 0.05) is 32.2 Å². The SMILES string of the molecule is NNC(=O)C(=O)N1CCN(c2ccc(C(F)(F)F)cc2[N+](=O)[O-])CC1. The summed E-state index contributed by atoms with van der Waals surface area (Å²) in [6, 6.07) is 2.28. The van der Waals surface area contributed by atoms with Crippen LogP contribution >= 0.6 is 0 Å². The van der Waals surface area contributed by atoms with Crippen LogP contribution in [-0.2, 0) is 15.8 Å². The Bertz CT molecular complexity index is 701. The molecule has 25 heavy (non-hydrogen) atoms. The summed E-state index contributed by atoms with van der Waals surface area (Å²) in [6.45, 7) is 0.389. The van der Waals surface area contributed by atoms with Crippen LogP contribution in [0.5, 0.6) is 0 Å². The first kappa shape index (κ1) is 18.4. The molecule has 1 saturated heterocycles. The van der Waals surface area contributed by atoms with Crippen LogP contribution in [0.2, 0.25) is 0 Å². The largest absolute Gasteiger partial charge is 0.416 e. The van der Waals surface area contributed by atoms with Crippen molar-refractivity contribution < 1.29 is 27.7 Å². The van der Waals surface area contributed by atoms with Crippen LogP contribution in [0.25, 0.3) is 0 Å². The number of hydrogen-bond acceptors (Lipinski definition) is 6. The average molecular weight is 361 g/mol. The van der Waals surface area contributed by atoms with E-state index in [2.05, 4.69) is 0 Å². The minimum absolute atomic E-state index is 0.0216. The zero-order valence-electron chi connectivity index (χ0n) is 12.7. The van der Waals surface area contributed by atoms with Crippen LogP contribution in [0, 0.1) is 10.1 Å². The number of nitro benzene ring substituents is 1. The fourth-order valence-electron chi connectivity index (χ4n) is 2.47. The monoisotopic (exact) mass is 361 g/mol. The van der Waals surface area contributed by atoms with Crippen LogP contribution < -0.4 is 16.2 Å². The molecule has 1 aliphatic rings. The third kappa shape index (κ3) is 3.96. The quantitative estimate of drug-likeness (QED) is 0.256. The van der Waals surface area contributed by atoms with Gasteiger partial charge < -0.3 is 9.80 Å². The minimum Gasteiger partial charge on any atom is -0.362 e. The van der Waals surface area contributed by atoms with E-state index in [1.807, 2.05) is 0 Å². The first-order chi connectivity index (χ1) is 11.6. The summed E-state index contributed by atoms with van der Waals surface area (Å²) in [5, 5.41) is 11.1. The number of hydrogen-bond donors (Lipinski definition) is 2. The third-order valence-electron chi connectivity index (χ3n) is 3.73. The van der Waals surface area contributed by atoms with Gasteiger partial charge in [-0.3, -0.25) is 25.1 Å². The van der Waals surface area contributed by atoms with Gasteiger partial charge in [-0.2, -0.15) is 13.2 Å². The standard InChI is InChI=1S/C13H14F3N5O4/c14-13(15,16)8-1-2-9(10(7-8)21(24)25)19-3-5-20(6-4-19)12(23)11(22)18-17/h1-2,7H,3-6,17H2,(H,18,22). The second-order valence-corrected chi connectivity index (χ2v) is 5.21. The van der Waals surface area contributed by atoms with Crippen molar-refractivity contribution >= 4 is 23.2 Å². The predicted octanol–water partition coefficient (Wildman–Crippen LogP) is 0.252. The van der Waals surface area contributed by atoms with Crippen molar-refractivity contribution in [3.63, 3.8) is 0 Å². The molecule has 12 heteroatoms. The summed E-state index contributed by atoms with van der Waals surface area (Å²) in [6.07, 6.45) is -4.69. The molecule has 0 saturated carbocycles. The lowest BCUT2D eigenvalue weighted by molar-refractivity contribution is -0.384. The van der Waals surface area contributed by atoms with Crippen molar-refractivity contribution in [2.45, 2.75) is 6.18 Å². The molecule has 1 aromatic rings. The van der Waals surface area contributed by atoms with Gasteiger partial charge in [-0.1, -0.05) is 0 Å². The van der Waals surface area contributed by atoms with E-state index < -0.39 is 34.2 Å². The molecule has 1 aliphatic heterocycles. The molecule has 0 aromatic heterocycles. The van der Waals surface area contributed by atoms with Crippen LogP contribution in [0.3, 0.4) is 0 Å². The van der Waals surface area contributed by atoms with E-state index >= 15 is 0 Å². The number of nitrogens with one attached hydrogen (secondary N) is 1. The van der Waals surface area contributed by atoms with Crippen molar-refractivity contribution in [1.29, 1.82) is 0 Å². The van der Waals surface area contributed by atoms with Gasteiger partial charge in [0.25, 0.3) is 5.69 Å². The fourth-order valence-corrected chi connectivity index (χ4v) is 2.47. The molecular formula is C13H14F3N5O4. The van der Waals surface area contributed by atoms with Crippen molar-refractivity contribution in [3.05, 3.63) is 33.9 Å². The molecule has 0 atom stereocenters. The number of carbonyl (C=O) groups is 2. The van der Waals surface area contributed by atoms with E-state index in [4.69, 9.17) is 5.84 Å². The Morgan fingerprint density at radius 2 is 1.80 bits per heavy atom. The molecule has 1 aromatic carbocycles. The van der Waals surface area contributed by atoms with Crippen LogP contribution in [0.1, 0.15) is 5.56 Å². The highest BCUT2D eigenvalue weighted by Crippen LogP contribution is 2.36. The number of benzene rings is 1. The predicted molar refractivity (Wildman–Crippen MR) is 79.2 cm³/mol. The lowest BCUT2D eigenvalue weighted by Gasteiger charge is -2.35. The molecule has 9 nitrogen and oxygen atoms in total. The lowest BCUT2D eigenvalue weighted by atomic mass is 10.1. The summed E-state index contributed by atoms with van der Waals surface area (Å²) in [5.41, 5.74) is -0.0550. The normalized spacial score (nSPS) is 15.0. The average Bonchev–Trinajstić information content (AvgIpc) is 2.59. The van der Waals surface area contributed by atoms with Crippen molar-refractivity contribution in [2.75, 3.05) is 31.1 Å². The maximum Gasteiger partial charge on any atom is 0.416 e. The first-order valence-corrected chi connectivity index (χ1v) is 7.05. The molecule has 3 N–H and O–H groups in total. The summed E-state index contributed by atoms with van der Waals surface area (Å²) in [5.74, 6) is 3.04. The number of rotatable bonds is 2.